The topological polar surface area (TPSA) is 27.1 Å². The minimum absolute atomic E-state index is 0.695. The van der Waals surface area contributed by atoms with Gasteiger partial charge in [-0.15, -0.1) is 0 Å². The number of imidazole rings is 1. The van der Waals surface area contributed by atoms with Gasteiger partial charge in [-0.1, -0.05) is 54.6 Å². The molecule has 0 spiro atoms. The molecule has 0 aliphatic heterocycles. The molecule has 0 atom stereocenters. The average molecular weight is 356 g/mol. The molecule has 0 saturated heterocycles. The molecule has 3 aromatic carbocycles. The smallest absolute Gasteiger partial charge is 0.119 e. The van der Waals surface area contributed by atoms with Crippen molar-refractivity contribution in [3.63, 3.8) is 0 Å². The van der Waals surface area contributed by atoms with Crippen LogP contribution in [0, 0.1) is 6.92 Å². The van der Waals surface area contributed by atoms with Crippen LogP contribution in [0.1, 0.15) is 23.4 Å². The summed E-state index contributed by atoms with van der Waals surface area (Å²) in [4.78, 5) is 4.91. The number of hydrogen-bond donors (Lipinski definition) is 0. The molecule has 136 valence electrons. The molecule has 0 unspecified atom stereocenters. The zero-order chi connectivity index (χ0) is 18.5. The van der Waals surface area contributed by atoms with E-state index in [1.54, 1.807) is 0 Å². The predicted octanol–water partition coefficient (Wildman–Crippen LogP) is 5.40. The normalized spacial score (nSPS) is 11.0. The molecule has 1 aromatic heterocycles. The van der Waals surface area contributed by atoms with E-state index in [1.165, 1.54) is 16.6 Å². The summed E-state index contributed by atoms with van der Waals surface area (Å²) in [7, 11) is 0. The van der Waals surface area contributed by atoms with Crippen molar-refractivity contribution >= 4 is 11.0 Å². The average Bonchev–Trinajstić information content (AvgIpc) is 3.05. The zero-order valence-electron chi connectivity index (χ0n) is 15.6. The van der Waals surface area contributed by atoms with Crippen molar-refractivity contribution in [2.75, 3.05) is 6.61 Å². The fraction of sp³-hybridized carbons (Fsp3) is 0.208. The molecule has 0 radical (unpaired) electrons. The van der Waals surface area contributed by atoms with Crippen LogP contribution < -0.4 is 4.74 Å². The molecule has 4 aromatic rings. The molecular weight excluding hydrogens is 332 g/mol. The Kier molecular flexibility index (Phi) is 5.20. The van der Waals surface area contributed by atoms with Crippen LogP contribution in [0.3, 0.4) is 0 Å². The maximum absolute atomic E-state index is 5.86. The molecule has 0 N–H and O–H groups in total. The van der Waals surface area contributed by atoms with Gasteiger partial charge in [-0.3, -0.25) is 0 Å². The monoisotopic (exact) mass is 356 g/mol. The van der Waals surface area contributed by atoms with Gasteiger partial charge in [-0.25, -0.2) is 4.98 Å². The molecule has 0 aliphatic carbocycles. The van der Waals surface area contributed by atoms with Crippen LogP contribution in [0.2, 0.25) is 0 Å². The van der Waals surface area contributed by atoms with Crippen LogP contribution in [0.5, 0.6) is 5.75 Å². The minimum atomic E-state index is 0.695. The first-order chi connectivity index (χ1) is 13.3. The van der Waals surface area contributed by atoms with Gasteiger partial charge in [0, 0.05) is 13.0 Å². The summed E-state index contributed by atoms with van der Waals surface area (Å²) in [6.07, 6.45) is 1.79. The maximum Gasteiger partial charge on any atom is 0.119 e. The molecule has 27 heavy (non-hydrogen) atoms. The van der Waals surface area contributed by atoms with Crippen LogP contribution in [0.15, 0.2) is 78.9 Å². The Morgan fingerprint density at radius 2 is 1.59 bits per heavy atom. The Morgan fingerprint density at radius 3 is 2.44 bits per heavy atom. The van der Waals surface area contributed by atoms with E-state index in [0.29, 0.717) is 6.61 Å². The lowest BCUT2D eigenvalue weighted by molar-refractivity contribution is 0.302. The Bertz CT molecular complexity index is 1020. The van der Waals surface area contributed by atoms with E-state index in [4.69, 9.17) is 9.72 Å². The first-order valence-corrected chi connectivity index (χ1v) is 9.48. The van der Waals surface area contributed by atoms with Crippen LogP contribution in [-0.4, -0.2) is 16.2 Å². The number of fused-ring (bicyclic) bond motifs is 1. The second-order valence-corrected chi connectivity index (χ2v) is 6.79. The lowest BCUT2D eigenvalue weighted by Crippen LogP contribution is -2.09. The standard InChI is InChI=1S/C24H24N2O/c1-19-10-5-6-11-20(19)18-24-25-22-14-7-8-15-23(22)26(24)16-9-17-27-21-12-3-2-4-13-21/h2-8,10-15H,9,16-18H2,1H3. The molecule has 0 fully saturated rings. The fourth-order valence-corrected chi connectivity index (χ4v) is 3.42. The van der Waals surface area contributed by atoms with E-state index < -0.39 is 0 Å². The molecule has 0 saturated carbocycles. The summed E-state index contributed by atoms with van der Waals surface area (Å²) in [6.45, 7) is 3.75. The number of aromatic nitrogens is 2. The van der Waals surface area contributed by atoms with Crippen molar-refractivity contribution in [2.24, 2.45) is 0 Å². The molecular formula is C24H24N2O. The van der Waals surface area contributed by atoms with E-state index in [9.17, 15) is 0 Å². The summed E-state index contributed by atoms with van der Waals surface area (Å²) < 4.78 is 8.20. The summed E-state index contributed by atoms with van der Waals surface area (Å²) in [5, 5.41) is 0. The van der Waals surface area contributed by atoms with Gasteiger partial charge in [-0.05, 0) is 48.7 Å². The SMILES string of the molecule is Cc1ccccc1Cc1nc2ccccc2n1CCCOc1ccccc1. The number of para-hydroxylation sites is 3. The number of benzene rings is 3. The summed E-state index contributed by atoms with van der Waals surface area (Å²) >= 11 is 0. The van der Waals surface area contributed by atoms with Crippen LogP contribution in [-0.2, 0) is 13.0 Å². The highest BCUT2D eigenvalue weighted by atomic mass is 16.5. The lowest BCUT2D eigenvalue weighted by Gasteiger charge is -2.11. The predicted molar refractivity (Wildman–Crippen MR) is 110 cm³/mol. The van der Waals surface area contributed by atoms with Crippen molar-refractivity contribution in [1.29, 1.82) is 0 Å². The largest absolute Gasteiger partial charge is 0.494 e. The van der Waals surface area contributed by atoms with Crippen LogP contribution >= 0.6 is 0 Å². The second kappa shape index (κ2) is 8.09. The van der Waals surface area contributed by atoms with Crippen molar-refractivity contribution < 1.29 is 4.74 Å². The van der Waals surface area contributed by atoms with Gasteiger partial charge in [0.2, 0.25) is 0 Å². The molecule has 1 heterocycles. The highest BCUT2D eigenvalue weighted by Crippen LogP contribution is 2.20. The van der Waals surface area contributed by atoms with Gasteiger partial charge >= 0.3 is 0 Å². The Morgan fingerprint density at radius 1 is 0.852 bits per heavy atom. The highest BCUT2D eigenvalue weighted by molar-refractivity contribution is 5.76. The third-order valence-corrected chi connectivity index (χ3v) is 4.88. The Labute approximate surface area is 160 Å². The van der Waals surface area contributed by atoms with E-state index in [-0.39, 0.29) is 0 Å². The second-order valence-electron chi connectivity index (χ2n) is 6.79. The van der Waals surface area contributed by atoms with Gasteiger partial charge in [0.15, 0.2) is 0 Å². The first kappa shape index (κ1) is 17.3. The summed E-state index contributed by atoms with van der Waals surface area (Å²) in [6, 6.07) is 26.9. The third kappa shape index (κ3) is 4.03. The first-order valence-electron chi connectivity index (χ1n) is 9.48. The minimum Gasteiger partial charge on any atom is -0.494 e. The molecule has 0 amide bonds. The fourth-order valence-electron chi connectivity index (χ4n) is 3.42. The molecule has 3 nitrogen and oxygen atoms in total. The van der Waals surface area contributed by atoms with E-state index >= 15 is 0 Å². The van der Waals surface area contributed by atoms with E-state index in [1.807, 2.05) is 30.3 Å². The Hall–Kier alpha value is -3.07. The number of aryl methyl sites for hydroxylation is 2. The lowest BCUT2D eigenvalue weighted by atomic mass is 10.1. The molecule has 3 heteroatoms. The summed E-state index contributed by atoms with van der Waals surface area (Å²) in [5.74, 6) is 2.04. The van der Waals surface area contributed by atoms with Gasteiger partial charge in [-0.2, -0.15) is 0 Å². The molecule has 4 rings (SSSR count). The van der Waals surface area contributed by atoms with Gasteiger partial charge in [0.05, 0.1) is 17.6 Å². The van der Waals surface area contributed by atoms with E-state index in [0.717, 1.165) is 36.5 Å². The molecule has 0 bridgehead atoms. The number of ether oxygens (including phenoxy) is 1. The van der Waals surface area contributed by atoms with Gasteiger partial charge in [0.1, 0.15) is 11.6 Å². The van der Waals surface area contributed by atoms with Crippen molar-refractivity contribution in [3.05, 3.63) is 95.8 Å². The zero-order valence-corrected chi connectivity index (χ0v) is 15.6. The van der Waals surface area contributed by atoms with Crippen molar-refractivity contribution in [1.82, 2.24) is 9.55 Å². The number of rotatable bonds is 7. The van der Waals surface area contributed by atoms with Crippen LogP contribution in [0.4, 0.5) is 0 Å². The van der Waals surface area contributed by atoms with Gasteiger partial charge in [0.25, 0.3) is 0 Å². The highest BCUT2D eigenvalue weighted by Gasteiger charge is 2.12. The third-order valence-electron chi connectivity index (χ3n) is 4.88. The quantitative estimate of drug-likeness (QED) is 0.414. The van der Waals surface area contributed by atoms with Gasteiger partial charge < -0.3 is 9.30 Å². The van der Waals surface area contributed by atoms with Crippen LogP contribution in [0.25, 0.3) is 11.0 Å². The van der Waals surface area contributed by atoms with E-state index in [2.05, 4.69) is 60.0 Å². The van der Waals surface area contributed by atoms with Crippen molar-refractivity contribution in [3.8, 4) is 5.75 Å². The van der Waals surface area contributed by atoms with Crippen molar-refractivity contribution in [2.45, 2.75) is 26.3 Å². The summed E-state index contributed by atoms with van der Waals surface area (Å²) in [5.41, 5.74) is 4.89. The molecule has 0 aliphatic rings. The number of nitrogens with zero attached hydrogens (tertiary/aromatic N) is 2. The Balaban J connectivity index is 1.52. The number of hydrogen-bond acceptors (Lipinski definition) is 2. The maximum atomic E-state index is 5.86.